The van der Waals surface area contributed by atoms with Crippen LogP contribution in [-0.2, 0) is 9.59 Å². The van der Waals surface area contributed by atoms with Gasteiger partial charge in [-0.05, 0) is 37.1 Å². The highest BCUT2D eigenvalue weighted by Gasteiger charge is 2.43. The number of aromatic nitrogens is 1. The zero-order chi connectivity index (χ0) is 19.7. The molecule has 0 radical (unpaired) electrons. The number of carbonyl (C=O) groups is 3. The highest BCUT2D eigenvalue weighted by molar-refractivity contribution is 6.06. The van der Waals surface area contributed by atoms with Crippen LogP contribution in [0.2, 0.25) is 0 Å². The molecule has 0 bridgehead atoms. The lowest BCUT2D eigenvalue weighted by Crippen LogP contribution is -2.54. The summed E-state index contributed by atoms with van der Waals surface area (Å²) in [5.74, 6) is -1.78. The Bertz CT molecular complexity index is 966. The van der Waals surface area contributed by atoms with Crippen molar-refractivity contribution in [1.82, 2.24) is 15.2 Å². The van der Waals surface area contributed by atoms with E-state index in [1.165, 1.54) is 4.90 Å². The van der Waals surface area contributed by atoms with Gasteiger partial charge in [0, 0.05) is 17.6 Å². The van der Waals surface area contributed by atoms with Gasteiger partial charge >= 0.3 is 5.97 Å². The summed E-state index contributed by atoms with van der Waals surface area (Å²) in [7, 11) is 0. The van der Waals surface area contributed by atoms with Gasteiger partial charge in [-0.2, -0.15) is 0 Å². The van der Waals surface area contributed by atoms with Crippen LogP contribution in [0, 0.1) is 0 Å². The monoisotopic (exact) mass is 379 g/mol. The second-order valence-corrected chi connectivity index (χ2v) is 7.18. The van der Waals surface area contributed by atoms with Crippen molar-refractivity contribution < 1.29 is 19.5 Å². The molecule has 1 aromatic carbocycles. The van der Waals surface area contributed by atoms with Gasteiger partial charge in [0.05, 0.1) is 0 Å². The van der Waals surface area contributed by atoms with Crippen LogP contribution in [0.15, 0.2) is 48.7 Å². The zero-order valence-electron chi connectivity index (χ0n) is 15.2. The van der Waals surface area contributed by atoms with Gasteiger partial charge in [0.25, 0.3) is 5.91 Å². The van der Waals surface area contributed by atoms with Gasteiger partial charge in [0.1, 0.15) is 17.8 Å². The van der Waals surface area contributed by atoms with Crippen LogP contribution in [-0.4, -0.2) is 50.9 Å². The van der Waals surface area contributed by atoms with Crippen LogP contribution < -0.4 is 5.32 Å². The fourth-order valence-electron chi connectivity index (χ4n) is 4.10. The third-order valence-corrected chi connectivity index (χ3v) is 5.48. The minimum Gasteiger partial charge on any atom is -0.480 e. The summed E-state index contributed by atoms with van der Waals surface area (Å²) in [5.41, 5.74) is 0.254. The van der Waals surface area contributed by atoms with Crippen molar-refractivity contribution in [3.63, 3.8) is 0 Å². The van der Waals surface area contributed by atoms with E-state index in [0.29, 0.717) is 31.1 Å². The number of pyridine rings is 1. The number of fused-ring (bicyclic) bond motifs is 2. The molecule has 2 aliphatic rings. The third kappa shape index (κ3) is 3.24. The second-order valence-electron chi connectivity index (χ2n) is 7.18. The van der Waals surface area contributed by atoms with E-state index in [0.717, 1.165) is 5.39 Å². The zero-order valence-corrected chi connectivity index (χ0v) is 15.2. The van der Waals surface area contributed by atoms with E-state index in [4.69, 9.17) is 0 Å². The van der Waals surface area contributed by atoms with E-state index >= 15 is 0 Å². The summed E-state index contributed by atoms with van der Waals surface area (Å²) < 4.78 is 0. The number of aliphatic carboxylic acids is 1. The molecule has 7 nitrogen and oxygen atoms in total. The van der Waals surface area contributed by atoms with Gasteiger partial charge in [-0.15, -0.1) is 0 Å². The van der Waals surface area contributed by atoms with Crippen molar-refractivity contribution in [2.45, 2.75) is 43.8 Å². The van der Waals surface area contributed by atoms with Gasteiger partial charge in [-0.1, -0.05) is 36.4 Å². The first-order valence-electron chi connectivity index (χ1n) is 9.41. The highest BCUT2D eigenvalue weighted by atomic mass is 16.4. The van der Waals surface area contributed by atoms with E-state index in [2.05, 4.69) is 10.3 Å². The van der Waals surface area contributed by atoms with E-state index < -0.39 is 24.0 Å². The van der Waals surface area contributed by atoms with E-state index in [9.17, 15) is 19.5 Å². The topological polar surface area (TPSA) is 99.6 Å². The molecule has 7 heteroatoms. The lowest BCUT2D eigenvalue weighted by Gasteiger charge is -2.32. The van der Waals surface area contributed by atoms with Gasteiger partial charge < -0.3 is 15.3 Å². The van der Waals surface area contributed by atoms with Crippen molar-refractivity contribution in [3.05, 3.63) is 54.4 Å². The first kappa shape index (κ1) is 18.2. The number of carbonyl (C=O) groups excluding carboxylic acids is 2. The minimum atomic E-state index is -0.999. The molecule has 3 atom stereocenters. The fourth-order valence-corrected chi connectivity index (χ4v) is 4.10. The predicted octanol–water partition coefficient (Wildman–Crippen LogP) is 2.13. The number of hydrogen-bond acceptors (Lipinski definition) is 4. The number of carboxylic acids is 1. The predicted molar refractivity (Wildman–Crippen MR) is 103 cm³/mol. The van der Waals surface area contributed by atoms with E-state index in [-0.39, 0.29) is 17.6 Å². The lowest BCUT2D eigenvalue weighted by atomic mass is 10.0. The number of amides is 2. The van der Waals surface area contributed by atoms with Gasteiger partial charge in [-0.3, -0.25) is 14.6 Å². The second kappa shape index (κ2) is 7.42. The number of nitrogens with one attached hydrogen (secondary N) is 1. The van der Waals surface area contributed by atoms with Crippen LogP contribution in [0.1, 0.15) is 36.2 Å². The Labute approximate surface area is 162 Å². The van der Waals surface area contributed by atoms with Crippen LogP contribution in [0.5, 0.6) is 0 Å². The molecule has 0 spiro atoms. The molecule has 2 aromatic rings. The Balaban J connectivity index is 1.61. The Morgan fingerprint density at radius 2 is 1.89 bits per heavy atom. The molecule has 28 heavy (non-hydrogen) atoms. The Morgan fingerprint density at radius 3 is 2.71 bits per heavy atom. The Kier molecular flexibility index (Phi) is 4.81. The number of rotatable bonds is 3. The van der Waals surface area contributed by atoms with Gasteiger partial charge in [-0.25, -0.2) is 4.79 Å². The summed E-state index contributed by atoms with van der Waals surface area (Å²) in [4.78, 5) is 43.3. The highest BCUT2D eigenvalue weighted by Crippen LogP contribution is 2.29. The van der Waals surface area contributed by atoms with E-state index in [1.54, 1.807) is 6.20 Å². The molecule has 2 N–H and O–H groups in total. The summed E-state index contributed by atoms with van der Waals surface area (Å²) in [6, 6.07) is 7.45. The molecule has 0 aliphatic carbocycles. The summed E-state index contributed by atoms with van der Waals surface area (Å²) in [5, 5.41) is 13.9. The average Bonchev–Trinajstić information content (AvgIpc) is 3.11. The molecule has 2 aliphatic heterocycles. The first-order valence-corrected chi connectivity index (χ1v) is 9.41. The molecule has 144 valence electrons. The van der Waals surface area contributed by atoms with Crippen molar-refractivity contribution in [3.8, 4) is 0 Å². The molecular formula is C21H21N3O4. The first-order chi connectivity index (χ1) is 13.6. The van der Waals surface area contributed by atoms with Crippen molar-refractivity contribution in [2.24, 2.45) is 0 Å². The van der Waals surface area contributed by atoms with Crippen molar-refractivity contribution in [2.75, 3.05) is 0 Å². The molecule has 2 amide bonds. The largest absolute Gasteiger partial charge is 0.480 e. The molecular weight excluding hydrogens is 358 g/mol. The van der Waals surface area contributed by atoms with Crippen LogP contribution >= 0.6 is 0 Å². The van der Waals surface area contributed by atoms with Crippen LogP contribution in [0.25, 0.3) is 10.8 Å². The summed E-state index contributed by atoms with van der Waals surface area (Å²) >= 11 is 0. The standard InChI is InChI=1S/C21H21N3O4/c25-19(18-15-7-3-1-5-13(15)11-12-22-18)23-16-8-4-2-6-14-9-10-17(21(27)28)24(14)20(16)26/h1-5,7,11-12,14,16-17H,6,8-10H2,(H,23,25)(H,27,28)/t14-,16+,17+/m1/s1. The third-order valence-electron chi connectivity index (χ3n) is 5.48. The summed E-state index contributed by atoms with van der Waals surface area (Å²) in [6.45, 7) is 0. The average molecular weight is 379 g/mol. The number of hydrogen-bond donors (Lipinski definition) is 2. The number of benzene rings is 1. The number of nitrogens with zero attached hydrogens (tertiary/aromatic N) is 2. The lowest BCUT2D eigenvalue weighted by molar-refractivity contribution is -0.150. The summed E-state index contributed by atoms with van der Waals surface area (Å²) in [6.07, 6.45) is 7.46. The van der Waals surface area contributed by atoms with Crippen LogP contribution in [0.3, 0.4) is 0 Å². The fraction of sp³-hybridized carbons (Fsp3) is 0.333. The minimum absolute atomic E-state index is 0.139. The number of carboxylic acid groups (broad SMARTS) is 1. The molecule has 1 saturated heterocycles. The molecule has 4 rings (SSSR count). The molecule has 0 saturated carbocycles. The van der Waals surface area contributed by atoms with Crippen LogP contribution in [0.4, 0.5) is 0 Å². The van der Waals surface area contributed by atoms with E-state index in [1.807, 2.05) is 42.5 Å². The van der Waals surface area contributed by atoms with Crippen molar-refractivity contribution in [1.29, 1.82) is 0 Å². The SMILES string of the molecule is O=C(N[C@H]1CC=CC[C@@H]2CC[C@@H](C(=O)O)N2C1=O)c1nccc2ccccc12. The molecule has 1 fully saturated rings. The van der Waals surface area contributed by atoms with Gasteiger partial charge in [0.15, 0.2) is 0 Å². The normalized spacial score (nSPS) is 24.5. The van der Waals surface area contributed by atoms with Crippen molar-refractivity contribution >= 4 is 28.6 Å². The quantitative estimate of drug-likeness (QED) is 0.796. The molecule has 0 unspecified atom stereocenters. The Hall–Kier alpha value is -3.22. The maximum atomic E-state index is 13.1. The molecule has 3 heterocycles. The molecule has 1 aromatic heterocycles. The smallest absolute Gasteiger partial charge is 0.326 e. The maximum Gasteiger partial charge on any atom is 0.326 e. The Morgan fingerprint density at radius 1 is 1.11 bits per heavy atom. The van der Waals surface area contributed by atoms with Gasteiger partial charge in [0.2, 0.25) is 5.91 Å². The maximum absolute atomic E-state index is 13.1.